The number of rotatable bonds is 7. The SMILES string of the molecule is CC(C)(C)[Si](C)(C)O[C@H]1CN[C@H](C(O[Si](C)(C)C)(c2cc(C(F)(F)F)cc(C(F)(F)F)c2)c2cc(C(F)(F)F)cc(C(F)(F)F)c2)C1. The molecule has 1 heterocycles. The van der Waals surface area contributed by atoms with E-state index >= 15 is 0 Å². The van der Waals surface area contributed by atoms with E-state index in [-0.39, 0.29) is 30.1 Å². The first-order valence-corrected chi connectivity index (χ1v) is 20.8. The highest BCUT2D eigenvalue weighted by Crippen LogP contribution is 2.49. The maximum Gasteiger partial charge on any atom is 0.416 e. The molecule has 0 spiro atoms. The molecule has 1 aliphatic rings. The van der Waals surface area contributed by atoms with Gasteiger partial charge in [-0.05, 0) is 91.7 Å². The molecule has 0 aromatic heterocycles. The molecule has 0 aliphatic carbocycles. The number of benzene rings is 2. The highest BCUT2D eigenvalue weighted by atomic mass is 28.4. The highest BCUT2D eigenvalue weighted by Gasteiger charge is 2.53. The van der Waals surface area contributed by atoms with Crippen molar-refractivity contribution >= 4 is 16.6 Å². The van der Waals surface area contributed by atoms with Crippen LogP contribution >= 0.6 is 0 Å². The number of hydrogen-bond donors (Lipinski definition) is 1. The Bertz CT molecular complexity index is 1300. The average molecular weight is 728 g/mol. The van der Waals surface area contributed by atoms with E-state index in [0.717, 1.165) is 0 Å². The van der Waals surface area contributed by atoms with Crippen LogP contribution in [0.3, 0.4) is 0 Å². The van der Waals surface area contributed by atoms with Crippen LogP contribution in [0.25, 0.3) is 0 Å². The predicted molar refractivity (Wildman–Crippen MR) is 157 cm³/mol. The van der Waals surface area contributed by atoms with Gasteiger partial charge in [0, 0.05) is 12.6 Å². The number of hydrogen-bond acceptors (Lipinski definition) is 3. The van der Waals surface area contributed by atoms with E-state index in [1.54, 1.807) is 0 Å². The van der Waals surface area contributed by atoms with Crippen LogP contribution in [-0.4, -0.2) is 35.3 Å². The average Bonchev–Trinajstić information content (AvgIpc) is 3.31. The molecule has 0 saturated carbocycles. The maximum absolute atomic E-state index is 14.1. The van der Waals surface area contributed by atoms with Crippen molar-refractivity contribution in [2.24, 2.45) is 0 Å². The molecule has 17 heteroatoms. The van der Waals surface area contributed by atoms with Crippen LogP contribution in [0.15, 0.2) is 36.4 Å². The molecule has 3 rings (SSSR count). The van der Waals surface area contributed by atoms with Gasteiger partial charge in [-0.15, -0.1) is 0 Å². The van der Waals surface area contributed by atoms with Crippen LogP contribution in [0.2, 0.25) is 37.8 Å². The number of alkyl halides is 12. The van der Waals surface area contributed by atoms with Crippen molar-refractivity contribution in [1.29, 1.82) is 0 Å². The first-order chi connectivity index (χ1) is 20.8. The Morgan fingerprint density at radius 3 is 1.17 bits per heavy atom. The molecule has 0 unspecified atom stereocenters. The second-order valence-corrected chi connectivity index (χ2v) is 23.4. The van der Waals surface area contributed by atoms with E-state index in [2.05, 4.69) is 5.32 Å². The van der Waals surface area contributed by atoms with Gasteiger partial charge in [0.25, 0.3) is 0 Å². The summed E-state index contributed by atoms with van der Waals surface area (Å²) in [6.07, 6.45) is -22.4. The Labute approximate surface area is 267 Å². The Balaban J connectivity index is 2.52. The second kappa shape index (κ2) is 12.4. The first-order valence-electron chi connectivity index (χ1n) is 14.5. The van der Waals surface area contributed by atoms with E-state index in [1.165, 1.54) is 19.6 Å². The maximum atomic E-state index is 14.1. The topological polar surface area (TPSA) is 30.5 Å². The molecule has 1 N–H and O–H groups in total. The van der Waals surface area contributed by atoms with E-state index in [9.17, 15) is 52.7 Å². The quantitative estimate of drug-likeness (QED) is 0.228. The van der Waals surface area contributed by atoms with E-state index in [1.807, 2.05) is 33.9 Å². The molecule has 2 atom stereocenters. The lowest BCUT2D eigenvalue weighted by Crippen LogP contribution is -2.53. The highest BCUT2D eigenvalue weighted by molar-refractivity contribution is 6.74. The zero-order chi connectivity index (χ0) is 36.4. The minimum Gasteiger partial charge on any atom is -0.413 e. The van der Waals surface area contributed by atoms with E-state index in [4.69, 9.17) is 8.85 Å². The van der Waals surface area contributed by atoms with Gasteiger partial charge in [0.1, 0.15) is 5.60 Å². The molecule has 3 nitrogen and oxygen atoms in total. The van der Waals surface area contributed by atoms with Gasteiger partial charge in [-0.3, -0.25) is 0 Å². The van der Waals surface area contributed by atoms with Gasteiger partial charge in [0.05, 0.1) is 28.4 Å². The van der Waals surface area contributed by atoms with Crippen molar-refractivity contribution in [2.75, 3.05) is 6.54 Å². The third kappa shape index (κ3) is 8.94. The summed E-state index contributed by atoms with van der Waals surface area (Å²) in [4.78, 5) is 0. The summed E-state index contributed by atoms with van der Waals surface area (Å²) in [5.41, 5.74) is -11.7. The minimum atomic E-state index is -5.37. The van der Waals surface area contributed by atoms with Gasteiger partial charge in [-0.25, -0.2) is 0 Å². The third-order valence-corrected chi connectivity index (χ3v) is 13.8. The zero-order valence-electron chi connectivity index (χ0n) is 26.9. The van der Waals surface area contributed by atoms with Crippen molar-refractivity contribution in [2.45, 2.75) is 107 Å². The van der Waals surface area contributed by atoms with Crippen LogP contribution in [-0.2, 0) is 39.2 Å². The molecular formula is C30H37F12NO2Si2. The molecular weight excluding hydrogens is 690 g/mol. The lowest BCUT2D eigenvalue weighted by molar-refractivity contribution is -0.144. The molecule has 0 bridgehead atoms. The van der Waals surface area contributed by atoms with Gasteiger partial charge in [0.15, 0.2) is 16.6 Å². The van der Waals surface area contributed by atoms with Gasteiger partial charge in [-0.2, -0.15) is 52.7 Å². The number of halogens is 12. The lowest BCUT2D eigenvalue weighted by Gasteiger charge is -2.45. The van der Waals surface area contributed by atoms with Gasteiger partial charge < -0.3 is 14.2 Å². The summed E-state index contributed by atoms with van der Waals surface area (Å²) in [7, 11) is -5.84. The normalized spacial score (nSPS) is 19.4. The van der Waals surface area contributed by atoms with Crippen LogP contribution in [0.1, 0.15) is 60.6 Å². The fraction of sp³-hybridized carbons (Fsp3) is 0.600. The summed E-state index contributed by atoms with van der Waals surface area (Å²) in [5, 5.41) is 2.60. The largest absolute Gasteiger partial charge is 0.416 e. The minimum absolute atomic E-state index is 0.0514. The Morgan fingerprint density at radius 1 is 0.574 bits per heavy atom. The molecule has 1 fully saturated rings. The lowest BCUT2D eigenvalue weighted by atomic mass is 9.77. The van der Waals surface area contributed by atoms with Crippen LogP contribution < -0.4 is 5.32 Å². The van der Waals surface area contributed by atoms with Gasteiger partial charge in [0.2, 0.25) is 0 Å². The fourth-order valence-electron chi connectivity index (χ4n) is 5.28. The second-order valence-electron chi connectivity index (χ2n) is 14.2. The molecule has 266 valence electrons. The zero-order valence-corrected chi connectivity index (χ0v) is 28.9. The molecule has 2 aromatic carbocycles. The summed E-state index contributed by atoms with van der Waals surface area (Å²) in [5.74, 6) is 0. The fourth-order valence-corrected chi connectivity index (χ4v) is 7.99. The Hall–Kier alpha value is -2.09. The van der Waals surface area contributed by atoms with Crippen LogP contribution in [0, 0.1) is 0 Å². The number of nitrogens with one attached hydrogen (secondary N) is 1. The molecule has 1 aliphatic heterocycles. The predicted octanol–water partition coefficient (Wildman–Crippen LogP) is 10.6. The smallest absolute Gasteiger partial charge is 0.413 e. The van der Waals surface area contributed by atoms with Crippen molar-refractivity contribution in [3.05, 3.63) is 69.8 Å². The molecule has 47 heavy (non-hydrogen) atoms. The van der Waals surface area contributed by atoms with Gasteiger partial charge >= 0.3 is 24.7 Å². The van der Waals surface area contributed by atoms with E-state index in [0.29, 0.717) is 24.3 Å². The Kier molecular flexibility index (Phi) is 10.3. The monoisotopic (exact) mass is 727 g/mol. The van der Waals surface area contributed by atoms with Crippen molar-refractivity contribution in [3.8, 4) is 0 Å². The van der Waals surface area contributed by atoms with Crippen molar-refractivity contribution < 1.29 is 61.5 Å². The first kappa shape index (κ1) is 39.4. The summed E-state index contributed by atoms with van der Waals surface area (Å²) >= 11 is 0. The third-order valence-electron chi connectivity index (χ3n) is 8.35. The van der Waals surface area contributed by atoms with E-state index < -0.39 is 92.5 Å². The Morgan fingerprint density at radius 2 is 0.894 bits per heavy atom. The van der Waals surface area contributed by atoms with Crippen molar-refractivity contribution in [1.82, 2.24) is 5.32 Å². The molecule has 0 radical (unpaired) electrons. The summed E-state index contributed by atoms with van der Waals surface area (Å²) in [6, 6.07) is -0.556. The standard InChI is InChI=1S/C30H37F12NO2Si2/c1-25(2,3)47(7,8)44-23-15-24(43-16-23)26(45-46(4,5)6,17-9-19(27(31,32)33)13-20(10-17)28(34,35)36)18-11-21(29(37,38)39)14-22(12-18)30(40,41)42/h9-14,23-24,43H,15-16H2,1-8H3/t23-,24+/m1/s1. The van der Waals surface area contributed by atoms with Gasteiger partial charge in [-0.1, -0.05) is 20.8 Å². The molecule has 1 saturated heterocycles. The van der Waals surface area contributed by atoms with Crippen LogP contribution in [0.5, 0.6) is 0 Å². The van der Waals surface area contributed by atoms with Crippen molar-refractivity contribution in [3.63, 3.8) is 0 Å². The summed E-state index contributed by atoms with van der Waals surface area (Å²) < 4.78 is 182. The molecule has 0 amide bonds. The molecule has 2 aromatic rings. The van der Waals surface area contributed by atoms with Crippen LogP contribution in [0.4, 0.5) is 52.7 Å². The summed E-state index contributed by atoms with van der Waals surface area (Å²) in [6.45, 7) is 13.9.